The van der Waals surface area contributed by atoms with Crippen LogP contribution in [0.15, 0.2) is 59.5 Å². The predicted octanol–water partition coefficient (Wildman–Crippen LogP) is 3.25. The molecule has 2 aliphatic rings. The van der Waals surface area contributed by atoms with Crippen LogP contribution in [0.5, 0.6) is 11.5 Å². The van der Waals surface area contributed by atoms with E-state index in [9.17, 15) is 8.42 Å². The molecule has 0 N–H and O–H groups in total. The maximum atomic E-state index is 13.1. The Balaban J connectivity index is 1.35. The van der Waals surface area contributed by atoms with Gasteiger partial charge in [0.1, 0.15) is 18.1 Å². The maximum absolute atomic E-state index is 13.1. The number of para-hydroxylation sites is 1. The molecule has 1 atom stereocenters. The molecule has 1 unspecified atom stereocenters. The van der Waals surface area contributed by atoms with E-state index in [4.69, 9.17) is 9.47 Å². The predicted molar refractivity (Wildman–Crippen MR) is 116 cm³/mol. The highest BCUT2D eigenvalue weighted by Gasteiger charge is 2.45. The van der Waals surface area contributed by atoms with E-state index in [1.54, 1.807) is 35.7 Å². The number of hydrogen-bond donors (Lipinski definition) is 0. The van der Waals surface area contributed by atoms with Gasteiger partial charge in [0.05, 0.1) is 12.0 Å². The summed E-state index contributed by atoms with van der Waals surface area (Å²) in [6.07, 6.45) is 3.10. The van der Waals surface area contributed by atoms with Crippen molar-refractivity contribution in [2.75, 3.05) is 46.4 Å². The van der Waals surface area contributed by atoms with Crippen LogP contribution in [-0.4, -0.2) is 64.1 Å². The molecule has 4 rings (SSSR count). The van der Waals surface area contributed by atoms with E-state index in [1.165, 1.54) is 0 Å². The molecule has 2 aliphatic heterocycles. The second-order valence-corrected chi connectivity index (χ2v) is 10.2. The Morgan fingerprint density at radius 1 is 0.933 bits per heavy atom. The van der Waals surface area contributed by atoms with Crippen molar-refractivity contribution in [1.82, 2.24) is 9.21 Å². The second-order valence-electron chi connectivity index (χ2n) is 8.31. The van der Waals surface area contributed by atoms with Gasteiger partial charge in [0, 0.05) is 26.2 Å². The number of methoxy groups -OCH3 is 1. The fraction of sp³-hybridized carbons (Fsp3) is 0.478. The molecule has 0 radical (unpaired) electrons. The van der Waals surface area contributed by atoms with Gasteiger partial charge in [-0.1, -0.05) is 18.2 Å². The zero-order valence-electron chi connectivity index (χ0n) is 17.5. The van der Waals surface area contributed by atoms with E-state index >= 15 is 0 Å². The molecular weight excluding hydrogens is 400 g/mol. The number of likely N-dealkylation sites (tertiary alicyclic amines) is 1. The molecule has 0 aromatic heterocycles. The molecule has 2 aromatic rings. The zero-order valence-corrected chi connectivity index (χ0v) is 18.3. The number of nitrogens with zero attached hydrogens (tertiary/aromatic N) is 2. The molecule has 1 spiro atoms. The zero-order chi connectivity index (χ0) is 21.0. The van der Waals surface area contributed by atoms with E-state index in [2.05, 4.69) is 4.90 Å². The largest absolute Gasteiger partial charge is 0.497 e. The van der Waals surface area contributed by atoms with Gasteiger partial charge in [-0.05, 0) is 67.6 Å². The molecular formula is C23H30N2O4S. The van der Waals surface area contributed by atoms with E-state index in [0.717, 1.165) is 44.6 Å². The van der Waals surface area contributed by atoms with Gasteiger partial charge in [-0.25, -0.2) is 8.42 Å². The summed E-state index contributed by atoms with van der Waals surface area (Å²) in [5, 5.41) is 0. The van der Waals surface area contributed by atoms with E-state index < -0.39 is 10.0 Å². The maximum Gasteiger partial charge on any atom is 0.243 e. The first-order chi connectivity index (χ1) is 14.5. The van der Waals surface area contributed by atoms with Crippen LogP contribution in [0.25, 0.3) is 0 Å². The van der Waals surface area contributed by atoms with Crippen LogP contribution in [0.1, 0.15) is 19.3 Å². The molecule has 0 saturated carbocycles. The van der Waals surface area contributed by atoms with Crippen molar-refractivity contribution in [3.8, 4) is 11.5 Å². The normalized spacial score (nSPS) is 23.0. The Hall–Kier alpha value is -2.09. The molecule has 30 heavy (non-hydrogen) atoms. The minimum Gasteiger partial charge on any atom is -0.497 e. The Labute approximate surface area is 179 Å². The van der Waals surface area contributed by atoms with Crippen LogP contribution in [0, 0.1) is 5.41 Å². The van der Waals surface area contributed by atoms with E-state index in [0.29, 0.717) is 30.3 Å². The summed E-state index contributed by atoms with van der Waals surface area (Å²) in [7, 11) is -1.90. The summed E-state index contributed by atoms with van der Waals surface area (Å²) < 4.78 is 38.9. The van der Waals surface area contributed by atoms with Gasteiger partial charge in [-0.2, -0.15) is 4.31 Å². The van der Waals surface area contributed by atoms with Gasteiger partial charge in [0.15, 0.2) is 0 Å². The van der Waals surface area contributed by atoms with Crippen LogP contribution in [-0.2, 0) is 10.0 Å². The van der Waals surface area contributed by atoms with E-state index in [-0.39, 0.29) is 5.41 Å². The van der Waals surface area contributed by atoms with Gasteiger partial charge in [0.2, 0.25) is 10.0 Å². The summed E-state index contributed by atoms with van der Waals surface area (Å²) in [6.45, 7) is 4.67. The van der Waals surface area contributed by atoms with Crippen molar-refractivity contribution in [3.05, 3.63) is 54.6 Å². The third-order valence-corrected chi connectivity index (χ3v) is 8.12. The average Bonchev–Trinajstić information content (AvgIpc) is 3.18. The first kappa shape index (κ1) is 21.2. The molecule has 7 heteroatoms. The molecule has 0 bridgehead atoms. The summed E-state index contributed by atoms with van der Waals surface area (Å²) in [4.78, 5) is 2.76. The molecule has 2 heterocycles. The molecule has 0 aliphatic carbocycles. The van der Waals surface area contributed by atoms with Crippen LogP contribution in [0.4, 0.5) is 0 Å². The van der Waals surface area contributed by atoms with Gasteiger partial charge in [-0.3, -0.25) is 4.90 Å². The fourth-order valence-electron chi connectivity index (χ4n) is 4.64. The van der Waals surface area contributed by atoms with Crippen molar-refractivity contribution in [2.45, 2.75) is 24.2 Å². The Morgan fingerprint density at radius 2 is 1.70 bits per heavy atom. The lowest BCUT2D eigenvalue weighted by molar-refractivity contribution is 0.0864. The monoisotopic (exact) mass is 430 g/mol. The highest BCUT2D eigenvalue weighted by atomic mass is 32.2. The first-order valence-electron chi connectivity index (χ1n) is 10.6. The minimum atomic E-state index is -3.47. The van der Waals surface area contributed by atoms with Crippen molar-refractivity contribution >= 4 is 10.0 Å². The highest BCUT2D eigenvalue weighted by Crippen LogP contribution is 2.40. The van der Waals surface area contributed by atoms with Crippen LogP contribution < -0.4 is 9.47 Å². The standard InChI is InChI=1S/C23H30N2O4S/c1-28-20-8-10-22(11-9-20)30(26,27)25-15-13-23(19-25)12-5-14-24(18-23)16-17-29-21-6-3-2-4-7-21/h2-4,6-11H,5,12-19H2,1H3. The third-order valence-electron chi connectivity index (χ3n) is 6.26. The molecule has 2 aromatic carbocycles. The quantitative estimate of drug-likeness (QED) is 0.675. The molecule has 0 amide bonds. The second kappa shape index (κ2) is 8.96. The van der Waals surface area contributed by atoms with Crippen molar-refractivity contribution in [2.24, 2.45) is 5.41 Å². The Kier molecular flexibility index (Phi) is 6.32. The lowest BCUT2D eigenvalue weighted by Crippen LogP contribution is -2.46. The fourth-order valence-corrected chi connectivity index (χ4v) is 6.19. The van der Waals surface area contributed by atoms with Crippen LogP contribution >= 0.6 is 0 Å². The van der Waals surface area contributed by atoms with Gasteiger partial charge < -0.3 is 9.47 Å². The van der Waals surface area contributed by atoms with Gasteiger partial charge in [-0.15, -0.1) is 0 Å². The average molecular weight is 431 g/mol. The van der Waals surface area contributed by atoms with Gasteiger partial charge in [0.25, 0.3) is 0 Å². The number of sulfonamides is 1. The molecule has 162 valence electrons. The smallest absolute Gasteiger partial charge is 0.243 e. The van der Waals surface area contributed by atoms with Crippen LogP contribution in [0.3, 0.4) is 0 Å². The number of piperidine rings is 1. The van der Waals surface area contributed by atoms with Crippen molar-refractivity contribution in [3.63, 3.8) is 0 Å². The first-order valence-corrected chi connectivity index (χ1v) is 12.0. The number of benzene rings is 2. The Morgan fingerprint density at radius 3 is 2.43 bits per heavy atom. The molecule has 2 fully saturated rings. The summed E-state index contributed by atoms with van der Waals surface area (Å²) in [6, 6.07) is 16.5. The summed E-state index contributed by atoms with van der Waals surface area (Å²) in [5.41, 5.74) is 0.0462. The summed E-state index contributed by atoms with van der Waals surface area (Å²) >= 11 is 0. The third kappa shape index (κ3) is 4.63. The van der Waals surface area contributed by atoms with Crippen LogP contribution in [0.2, 0.25) is 0 Å². The van der Waals surface area contributed by atoms with Crippen molar-refractivity contribution in [1.29, 1.82) is 0 Å². The SMILES string of the molecule is COc1ccc(S(=O)(=O)N2CCC3(CCCN(CCOc4ccccc4)C3)C2)cc1. The number of rotatable bonds is 7. The van der Waals surface area contributed by atoms with E-state index in [1.807, 2.05) is 30.3 Å². The minimum absolute atomic E-state index is 0.0462. The lowest BCUT2D eigenvalue weighted by Gasteiger charge is -2.40. The van der Waals surface area contributed by atoms with Gasteiger partial charge >= 0.3 is 0 Å². The van der Waals surface area contributed by atoms with Crippen molar-refractivity contribution < 1.29 is 17.9 Å². The highest BCUT2D eigenvalue weighted by molar-refractivity contribution is 7.89. The molecule has 6 nitrogen and oxygen atoms in total. The molecule has 2 saturated heterocycles. The number of ether oxygens (including phenoxy) is 2. The summed E-state index contributed by atoms with van der Waals surface area (Å²) in [5.74, 6) is 1.55. The lowest BCUT2D eigenvalue weighted by atomic mass is 9.79. The topological polar surface area (TPSA) is 59.1 Å². The number of hydrogen-bond acceptors (Lipinski definition) is 5. The Bertz CT molecular complexity index is 933.